The van der Waals surface area contributed by atoms with Crippen molar-refractivity contribution in [2.24, 2.45) is 5.92 Å². The molecule has 0 bridgehead atoms. The molecule has 20 heavy (non-hydrogen) atoms. The number of carbonyl (C=O) groups is 1. The minimum atomic E-state index is 0.0242. The number of nitriles is 1. The molecule has 1 aromatic rings. The first-order chi connectivity index (χ1) is 9.78. The topological polar surface area (TPSA) is 69.0 Å². The van der Waals surface area contributed by atoms with Crippen LogP contribution in [-0.4, -0.2) is 30.0 Å². The molecule has 1 atom stereocenters. The summed E-state index contributed by atoms with van der Waals surface area (Å²) in [4.78, 5) is 18.4. The Balaban J connectivity index is 1.71. The molecule has 1 saturated carbocycles. The van der Waals surface area contributed by atoms with Gasteiger partial charge in [-0.25, -0.2) is 4.98 Å². The Labute approximate surface area is 118 Å². The van der Waals surface area contributed by atoms with Crippen LogP contribution in [0.4, 0.5) is 5.69 Å². The molecule has 3 rings (SSSR count). The summed E-state index contributed by atoms with van der Waals surface area (Å²) in [6.07, 6.45) is 5.76. The molecular formula is C15H18N4O. The summed E-state index contributed by atoms with van der Waals surface area (Å²) in [5, 5.41) is 12.2. The Bertz CT molecular complexity index is 547. The Morgan fingerprint density at radius 1 is 1.45 bits per heavy atom. The monoisotopic (exact) mass is 270 g/mol. The van der Waals surface area contributed by atoms with E-state index in [0.717, 1.165) is 37.9 Å². The zero-order chi connectivity index (χ0) is 13.9. The Kier molecular flexibility index (Phi) is 3.55. The van der Waals surface area contributed by atoms with E-state index in [2.05, 4.69) is 21.3 Å². The molecule has 2 fully saturated rings. The number of amides is 1. The minimum Gasteiger partial charge on any atom is -0.368 e. The molecule has 0 radical (unpaired) electrons. The van der Waals surface area contributed by atoms with Gasteiger partial charge in [0.05, 0.1) is 11.6 Å². The van der Waals surface area contributed by atoms with Gasteiger partial charge in [0.25, 0.3) is 0 Å². The van der Waals surface area contributed by atoms with Gasteiger partial charge < -0.3 is 10.2 Å². The molecule has 2 heterocycles. The number of anilines is 1. The van der Waals surface area contributed by atoms with Crippen LogP contribution in [0.15, 0.2) is 18.3 Å². The molecular weight excluding hydrogens is 252 g/mol. The molecule has 1 N–H and O–H groups in total. The van der Waals surface area contributed by atoms with Crippen molar-refractivity contribution in [3.05, 3.63) is 24.0 Å². The fourth-order valence-electron chi connectivity index (χ4n) is 2.69. The van der Waals surface area contributed by atoms with Crippen LogP contribution in [0.1, 0.15) is 31.4 Å². The van der Waals surface area contributed by atoms with Gasteiger partial charge in [-0.3, -0.25) is 4.79 Å². The average molecular weight is 270 g/mol. The highest BCUT2D eigenvalue weighted by Gasteiger charge is 2.31. The van der Waals surface area contributed by atoms with E-state index in [-0.39, 0.29) is 11.8 Å². The van der Waals surface area contributed by atoms with E-state index in [1.54, 1.807) is 6.20 Å². The molecule has 1 unspecified atom stereocenters. The highest BCUT2D eigenvalue weighted by atomic mass is 16.2. The van der Waals surface area contributed by atoms with Gasteiger partial charge >= 0.3 is 0 Å². The zero-order valence-corrected chi connectivity index (χ0v) is 11.4. The summed E-state index contributed by atoms with van der Waals surface area (Å²) >= 11 is 0. The van der Waals surface area contributed by atoms with Crippen LogP contribution in [0, 0.1) is 17.2 Å². The smallest absolute Gasteiger partial charge is 0.225 e. The first kappa shape index (κ1) is 12.9. The average Bonchev–Trinajstić information content (AvgIpc) is 3.31. The summed E-state index contributed by atoms with van der Waals surface area (Å²) in [6, 6.07) is 6.28. The normalized spacial score (nSPS) is 22.1. The predicted octanol–water partition coefficient (Wildman–Crippen LogP) is 1.45. The molecule has 1 aromatic heterocycles. The summed E-state index contributed by atoms with van der Waals surface area (Å²) < 4.78 is 0. The number of aromatic nitrogens is 1. The van der Waals surface area contributed by atoms with Gasteiger partial charge in [-0.05, 0) is 37.8 Å². The molecule has 1 saturated heterocycles. The number of piperidine rings is 1. The van der Waals surface area contributed by atoms with Crippen molar-refractivity contribution in [3.8, 4) is 6.07 Å². The molecule has 104 valence electrons. The zero-order valence-electron chi connectivity index (χ0n) is 11.4. The van der Waals surface area contributed by atoms with Crippen LogP contribution in [0.3, 0.4) is 0 Å². The first-order valence-corrected chi connectivity index (χ1v) is 7.18. The Morgan fingerprint density at radius 2 is 2.30 bits per heavy atom. The van der Waals surface area contributed by atoms with Crippen LogP contribution >= 0.6 is 0 Å². The van der Waals surface area contributed by atoms with E-state index in [4.69, 9.17) is 5.26 Å². The molecule has 1 aliphatic heterocycles. The quantitative estimate of drug-likeness (QED) is 0.902. The van der Waals surface area contributed by atoms with Crippen molar-refractivity contribution in [2.45, 2.75) is 31.7 Å². The molecule has 1 aliphatic carbocycles. The van der Waals surface area contributed by atoms with Crippen LogP contribution in [0.5, 0.6) is 0 Å². The number of hydrogen-bond donors (Lipinski definition) is 1. The lowest BCUT2D eigenvalue weighted by molar-refractivity contribution is -0.125. The predicted molar refractivity (Wildman–Crippen MR) is 75.1 cm³/mol. The van der Waals surface area contributed by atoms with E-state index >= 15 is 0 Å². The van der Waals surface area contributed by atoms with Crippen molar-refractivity contribution < 1.29 is 4.79 Å². The standard InChI is InChI=1S/C15H18N4O/c16-9-13-14(4-1-7-17-13)19-8-2-3-11(10-19)15(20)18-12-5-6-12/h1,4,7,11-12H,2-3,5-6,8,10H2,(H,18,20). The molecule has 2 aliphatic rings. The summed E-state index contributed by atoms with van der Waals surface area (Å²) in [5.41, 5.74) is 1.29. The second kappa shape index (κ2) is 5.49. The molecule has 5 heteroatoms. The minimum absolute atomic E-state index is 0.0242. The molecule has 0 spiro atoms. The van der Waals surface area contributed by atoms with E-state index in [9.17, 15) is 4.79 Å². The van der Waals surface area contributed by atoms with E-state index < -0.39 is 0 Å². The van der Waals surface area contributed by atoms with Crippen LogP contribution in [-0.2, 0) is 4.79 Å². The molecule has 0 aromatic carbocycles. The lowest BCUT2D eigenvalue weighted by atomic mass is 9.96. The second-order valence-corrected chi connectivity index (χ2v) is 5.55. The SMILES string of the molecule is N#Cc1ncccc1N1CCCC(C(=O)NC2CC2)C1. The highest BCUT2D eigenvalue weighted by Crippen LogP contribution is 2.26. The number of hydrogen-bond acceptors (Lipinski definition) is 4. The van der Waals surface area contributed by atoms with Crippen LogP contribution in [0.2, 0.25) is 0 Å². The summed E-state index contributed by atoms with van der Waals surface area (Å²) in [7, 11) is 0. The van der Waals surface area contributed by atoms with Crippen LogP contribution in [0.25, 0.3) is 0 Å². The van der Waals surface area contributed by atoms with Gasteiger partial charge in [0, 0.05) is 25.3 Å². The van der Waals surface area contributed by atoms with Gasteiger partial charge in [-0.2, -0.15) is 5.26 Å². The third kappa shape index (κ3) is 2.74. The van der Waals surface area contributed by atoms with Gasteiger partial charge in [0.1, 0.15) is 6.07 Å². The number of rotatable bonds is 3. The van der Waals surface area contributed by atoms with Crippen molar-refractivity contribution in [1.29, 1.82) is 5.26 Å². The summed E-state index contributed by atoms with van der Waals surface area (Å²) in [6.45, 7) is 1.56. The number of nitrogens with one attached hydrogen (secondary N) is 1. The maximum atomic E-state index is 12.2. The van der Waals surface area contributed by atoms with E-state index in [0.29, 0.717) is 18.3 Å². The van der Waals surface area contributed by atoms with Gasteiger partial charge in [-0.15, -0.1) is 0 Å². The molecule has 1 amide bonds. The Morgan fingerprint density at radius 3 is 3.05 bits per heavy atom. The van der Waals surface area contributed by atoms with E-state index in [1.807, 2.05) is 12.1 Å². The van der Waals surface area contributed by atoms with Gasteiger partial charge in [0.15, 0.2) is 5.69 Å². The fourth-order valence-corrected chi connectivity index (χ4v) is 2.69. The number of pyridine rings is 1. The number of carbonyl (C=O) groups excluding carboxylic acids is 1. The maximum absolute atomic E-state index is 12.2. The fraction of sp³-hybridized carbons (Fsp3) is 0.533. The largest absolute Gasteiger partial charge is 0.368 e. The van der Waals surface area contributed by atoms with Gasteiger partial charge in [-0.1, -0.05) is 0 Å². The first-order valence-electron chi connectivity index (χ1n) is 7.18. The number of nitrogens with zero attached hydrogens (tertiary/aromatic N) is 3. The summed E-state index contributed by atoms with van der Waals surface area (Å²) in [5.74, 6) is 0.190. The van der Waals surface area contributed by atoms with Crippen LogP contribution < -0.4 is 10.2 Å². The highest BCUT2D eigenvalue weighted by molar-refractivity contribution is 5.80. The Hall–Kier alpha value is -2.09. The van der Waals surface area contributed by atoms with Crippen molar-refractivity contribution in [1.82, 2.24) is 10.3 Å². The maximum Gasteiger partial charge on any atom is 0.225 e. The van der Waals surface area contributed by atoms with Crippen molar-refractivity contribution >= 4 is 11.6 Å². The van der Waals surface area contributed by atoms with Gasteiger partial charge in [0.2, 0.25) is 5.91 Å². The van der Waals surface area contributed by atoms with Crippen molar-refractivity contribution in [2.75, 3.05) is 18.0 Å². The third-order valence-electron chi connectivity index (χ3n) is 3.95. The second-order valence-electron chi connectivity index (χ2n) is 5.55. The van der Waals surface area contributed by atoms with E-state index in [1.165, 1.54) is 0 Å². The van der Waals surface area contributed by atoms with Crippen molar-refractivity contribution in [3.63, 3.8) is 0 Å². The lowest BCUT2D eigenvalue weighted by Gasteiger charge is -2.33. The molecule has 5 nitrogen and oxygen atoms in total. The lowest BCUT2D eigenvalue weighted by Crippen LogP contribution is -2.44. The third-order valence-corrected chi connectivity index (χ3v) is 3.95.